The van der Waals surface area contributed by atoms with Crippen LogP contribution in [0.5, 0.6) is 0 Å². The first-order chi connectivity index (χ1) is 9.07. The second-order valence-corrected chi connectivity index (χ2v) is 6.23. The summed E-state index contributed by atoms with van der Waals surface area (Å²) < 4.78 is 0. The van der Waals surface area contributed by atoms with Crippen molar-refractivity contribution < 1.29 is 5.11 Å². The average molecular weight is 278 g/mol. The minimum Gasteiger partial charge on any atom is -0.389 e. The number of likely N-dealkylation sites (tertiary alicyclic amines) is 1. The molecule has 0 aliphatic carbocycles. The number of rotatable bonds is 3. The van der Waals surface area contributed by atoms with Crippen LogP contribution in [0.25, 0.3) is 10.2 Å². The molecule has 5 nitrogen and oxygen atoms in total. The predicted octanol–water partition coefficient (Wildman–Crippen LogP) is 1.69. The fourth-order valence-corrected chi connectivity index (χ4v) is 3.32. The van der Waals surface area contributed by atoms with E-state index >= 15 is 0 Å². The van der Waals surface area contributed by atoms with Crippen LogP contribution >= 0.6 is 11.3 Å². The zero-order valence-corrected chi connectivity index (χ0v) is 12.0. The van der Waals surface area contributed by atoms with Crippen molar-refractivity contribution in [3.05, 3.63) is 17.3 Å². The van der Waals surface area contributed by atoms with Gasteiger partial charge in [-0.2, -0.15) is 0 Å². The Bertz CT molecular complexity index is 595. The minimum atomic E-state index is -0.571. The van der Waals surface area contributed by atoms with E-state index in [1.54, 1.807) is 11.3 Å². The first-order valence-electron chi connectivity index (χ1n) is 6.44. The second kappa shape index (κ2) is 4.70. The van der Waals surface area contributed by atoms with Crippen LogP contribution in [0.15, 0.2) is 11.4 Å². The zero-order chi connectivity index (χ0) is 13.5. The number of thiophene rings is 1. The van der Waals surface area contributed by atoms with E-state index < -0.39 is 5.60 Å². The molecular weight excluding hydrogens is 260 g/mol. The van der Waals surface area contributed by atoms with Crippen LogP contribution in [0, 0.1) is 0 Å². The summed E-state index contributed by atoms with van der Waals surface area (Å²) in [5.41, 5.74) is -0.571. The van der Waals surface area contributed by atoms with Gasteiger partial charge in [0, 0.05) is 20.1 Å². The fraction of sp³-hybridized carbons (Fsp3) is 0.538. The van der Waals surface area contributed by atoms with E-state index in [0.717, 1.165) is 34.8 Å². The van der Waals surface area contributed by atoms with Gasteiger partial charge in [0.15, 0.2) is 0 Å². The Labute approximate surface area is 116 Å². The normalized spacial score (nSPS) is 24.2. The molecule has 1 atom stereocenters. The van der Waals surface area contributed by atoms with E-state index in [0.29, 0.717) is 13.1 Å². The van der Waals surface area contributed by atoms with Crippen LogP contribution in [0.3, 0.4) is 0 Å². The van der Waals surface area contributed by atoms with E-state index in [1.807, 2.05) is 25.4 Å². The molecule has 0 saturated carbocycles. The van der Waals surface area contributed by atoms with Crippen LogP contribution in [0.4, 0.5) is 5.82 Å². The first kappa shape index (κ1) is 12.8. The second-order valence-electron chi connectivity index (χ2n) is 5.34. The molecule has 3 rings (SSSR count). The third-order valence-corrected chi connectivity index (χ3v) is 4.31. The predicted molar refractivity (Wildman–Crippen MR) is 77.5 cm³/mol. The van der Waals surface area contributed by atoms with E-state index in [1.165, 1.54) is 0 Å². The summed E-state index contributed by atoms with van der Waals surface area (Å²) in [5.74, 6) is 1.70. The number of nitrogens with one attached hydrogen (secondary N) is 1. The molecule has 0 spiro atoms. The van der Waals surface area contributed by atoms with Crippen molar-refractivity contribution in [3.8, 4) is 0 Å². The molecule has 1 unspecified atom stereocenters. The van der Waals surface area contributed by atoms with Gasteiger partial charge >= 0.3 is 0 Å². The number of β-amino-alcohol motifs (C(OH)–C–C–N with tert-alkyl or cyclic N) is 1. The van der Waals surface area contributed by atoms with Gasteiger partial charge in [0.2, 0.25) is 0 Å². The van der Waals surface area contributed by atoms with Crippen LogP contribution in [-0.2, 0) is 6.54 Å². The highest BCUT2D eigenvalue weighted by Gasteiger charge is 2.31. The molecule has 6 heteroatoms. The Morgan fingerprint density at radius 1 is 1.53 bits per heavy atom. The van der Waals surface area contributed by atoms with Crippen molar-refractivity contribution in [1.29, 1.82) is 0 Å². The lowest BCUT2D eigenvalue weighted by Crippen LogP contribution is -2.29. The minimum absolute atomic E-state index is 0.571. The van der Waals surface area contributed by atoms with Gasteiger partial charge in [-0.3, -0.25) is 4.90 Å². The van der Waals surface area contributed by atoms with E-state index in [2.05, 4.69) is 20.2 Å². The van der Waals surface area contributed by atoms with Crippen molar-refractivity contribution in [2.45, 2.75) is 25.5 Å². The Kier molecular flexibility index (Phi) is 3.16. The Balaban J connectivity index is 1.85. The van der Waals surface area contributed by atoms with Crippen molar-refractivity contribution in [3.63, 3.8) is 0 Å². The lowest BCUT2D eigenvalue weighted by molar-refractivity contribution is 0.0676. The maximum Gasteiger partial charge on any atom is 0.146 e. The molecule has 0 radical (unpaired) electrons. The fourth-order valence-electron chi connectivity index (χ4n) is 2.53. The summed E-state index contributed by atoms with van der Waals surface area (Å²) in [6.45, 7) is 4.16. The Morgan fingerprint density at radius 2 is 2.37 bits per heavy atom. The molecule has 1 saturated heterocycles. The number of aromatic nitrogens is 2. The molecule has 0 aromatic carbocycles. The lowest BCUT2D eigenvalue weighted by atomic mass is 10.1. The number of anilines is 1. The molecule has 2 aromatic heterocycles. The van der Waals surface area contributed by atoms with E-state index in [-0.39, 0.29) is 0 Å². The quantitative estimate of drug-likeness (QED) is 0.894. The number of aliphatic hydroxyl groups is 1. The molecule has 1 fully saturated rings. The van der Waals surface area contributed by atoms with Crippen LogP contribution < -0.4 is 5.32 Å². The molecule has 3 heterocycles. The molecule has 2 N–H and O–H groups in total. The standard InChI is InChI=1S/C13H18N4OS/c1-13(18)4-5-17(8-13)7-10-15-11(14-2)9-3-6-19-12(9)16-10/h3,6,18H,4-5,7-8H2,1-2H3,(H,14,15,16). The first-order valence-corrected chi connectivity index (χ1v) is 7.32. The van der Waals surface area contributed by atoms with Gasteiger partial charge in [0.25, 0.3) is 0 Å². The van der Waals surface area contributed by atoms with Crippen molar-refractivity contribution in [1.82, 2.24) is 14.9 Å². The zero-order valence-electron chi connectivity index (χ0n) is 11.2. The monoisotopic (exact) mass is 278 g/mol. The third-order valence-electron chi connectivity index (χ3n) is 3.50. The molecule has 1 aliphatic rings. The van der Waals surface area contributed by atoms with Gasteiger partial charge in [-0.05, 0) is 24.8 Å². The lowest BCUT2D eigenvalue weighted by Gasteiger charge is -2.18. The number of nitrogens with zero attached hydrogens (tertiary/aromatic N) is 3. The van der Waals surface area contributed by atoms with Crippen molar-refractivity contribution in [2.75, 3.05) is 25.5 Å². The SMILES string of the molecule is CNc1nc(CN2CCC(C)(O)C2)nc2sccc12. The number of fused-ring (bicyclic) bond motifs is 1. The number of hydrogen-bond donors (Lipinski definition) is 2. The topological polar surface area (TPSA) is 61.3 Å². The maximum atomic E-state index is 9.99. The summed E-state index contributed by atoms with van der Waals surface area (Å²) in [6.07, 6.45) is 0.813. The molecule has 19 heavy (non-hydrogen) atoms. The summed E-state index contributed by atoms with van der Waals surface area (Å²) in [7, 11) is 1.88. The van der Waals surface area contributed by atoms with Crippen LogP contribution in [0.2, 0.25) is 0 Å². The highest BCUT2D eigenvalue weighted by atomic mass is 32.1. The van der Waals surface area contributed by atoms with Crippen molar-refractivity contribution in [2.24, 2.45) is 0 Å². The van der Waals surface area contributed by atoms with Gasteiger partial charge < -0.3 is 10.4 Å². The molecular formula is C13H18N4OS. The summed E-state index contributed by atoms with van der Waals surface area (Å²) >= 11 is 1.63. The highest BCUT2D eigenvalue weighted by molar-refractivity contribution is 7.16. The smallest absolute Gasteiger partial charge is 0.146 e. The Morgan fingerprint density at radius 3 is 3.05 bits per heavy atom. The average Bonchev–Trinajstić information content (AvgIpc) is 2.94. The number of hydrogen-bond acceptors (Lipinski definition) is 6. The summed E-state index contributed by atoms with van der Waals surface area (Å²) in [6, 6.07) is 2.04. The van der Waals surface area contributed by atoms with Gasteiger partial charge in [-0.1, -0.05) is 0 Å². The largest absolute Gasteiger partial charge is 0.389 e. The van der Waals surface area contributed by atoms with E-state index in [4.69, 9.17) is 0 Å². The molecule has 102 valence electrons. The van der Waals surface area contributed by atoms with Gasteiger partial charge in [-0.25, -0.2) is 9.97 Å². The van der Waals surface area contributed by atoms with Gasteiger partial charge in [0.1, 0.15) is 16.5 Å². The third kappa shape index (κ3) is 2.56. The van der Waals surface area contributed by atoms with Gasteiger partial charge in [-0.15, -0.1) is 11.3 Å². The van der Waals surface area contributed by atoms with Crippen molar-refractivity contribution >= 4 is 27.4 Å². The van der Waals surface area contributed by atoms with E-state index in [9.17, 15) is 5.11 Å². The highest BCUT2D eigenvalue weighted by Crippen LogP contribution is 2.26. The molecule has 1 aliphatic heterocycles. The molecule has 2 aromatic rings. The van der Waals surface area contributed by atoms with Gasteiger partial charge in [0.05, 0.1) is 17.5 Å². The maximum absolute atomic E-state index is 9.99. The van der Waals surface area contributed by atoms with Crippen LogP contribution in [0.1, 0.15) is 19.2 Å². The summed E-state index contributed by atoms with van der Waals surface area (Å²) in [5, 5.41) is 16.2. The Hall–Kier alpha value is -1.24. The van der Waals surface area contributed by atoms with Crippen LogP contribution in [-0.4, -0.2) is 45.7 Å². The summed E-state index contributed by atoms with van der Waals surface area (Å²) in [4.78, 5) is 12.4. The molecule has 0 amide bonds. The molecule has 0 bridgehead atoms.